The molecule has 0 unspecified atom stereocenters. The zero-order chi connectivity index (χ0) is 27.2. The van der Waals surface area contributed by atoms with Crippen molar-refractivity contribution in [1.29, 1.82) is 0 Å². The van der Waals surface area contributed by atoms with Crippen molar-refractivity contribution in [2.24, 2.45) is 22.7 Å². The van der Waals surface area contributed by atoms with Crippen molar-refractivity contribution in [2.75, 3.05) is 0 Å². The maximum atomic E-state index is 14.0. The van der Waals surface area contributed by atoms with E-state index in [0.717, 1.165) is 5.56 Å². The molecule has 7 heteroatoms. The Morgan fingerprint density at radius 2 is 1.62 bits per heavy atom. The number of ether oxygens (including phenoxy) is 2. The van der Waals surface area contributed by atoms with Crippen LogP contribution in [0.2, 0.25) is 0 Å². The van der Waals surface area contributed by atoms with Crippen LogP contribution in [0.1, 0.15) is 87.0 Å². The highest BCUT2D eigenvalue weighted by molar-refractivity contribution is 6.13. The summed E-state index contributed by atoms with van der Waals surface area (Å²) in [6.45, 7) is 11.8. The molecule has 5 rings (SSSR count). The second-order valence-corrected chi connectivity index (χ2v) is 12.1. The summed E-state index contributed by atoms with van der Waals surface area (Å²) in [6.07, 6.45) is -0.533. The number of ketones is 3. The van der Waals surface area contributed by atoms with Crippen LogP contribution in [0.3, 0.4) is 0 Å². The molecule has 2 heterocycles. The number of hydrogen-bond donors (Lipinski definition) is 2. The zero-order valence-corrected chi connectivity index (χ0v) is 22.3. The normalized spacial score (nSPS) is 29.6. The molecule has 7 nitrogen and oxygen atoms in total. The highest BCUT2D eigenvalue weighted by Crippen LogP contribution is 2.64. The third-order valence-corrected chi connectivity index (χ3v) is 8.75. The topological polar surface area (TPSA) is 110 Å². The second-order valence-electron chi connectivity index (χ2n) is 12.1. The first-order chi connectivity index (χ1) is 17.2. The molecule has 4 atom stereocenters. The SMILES string of the molecule is Cc1c(O)c2c(c3c1O[C@@]1(O)[C@@H](C(=O)C(C)(C)C(=O)C1(C)C)[C@H]3C(C)C)O[C@H](c1ccccc1)CC2=O. The molecule has 0 amide bonds. The van der Waals surface area contributed by atoms with Crippen molar-refractivity contribution < 1.29 is 34.1 Å². The summed E-state index contributed by atoms with van der Waals surface area (Å²) in [7, 11) is 0. The van der Waals surface area contributed by atoms with Crippen LogP contribution in [-0.4, -0.2) is 33.3 Å². The van der Waals surface area contributed by atoms with E-state index in [-0.39, 0.29) is 46.5 Å². The second kappa shape index (κ2) is 7.90. The molecule has 37 heavy (non-hydrogen) atoms. The van der Waals surface area contributed by atoms with E-state index in [0.29, 0.717) is 5.56 Å². The molecule has 1 saturated carbocycles. The largest absolute Gasteiger partial charge is 0.507 e. The number of phenols is 1. The Kier molecular flexibility index (Phi) is 5.44. The van der Waals surface area contributed by atoms with Gasteiger partial charge in [-0.1, -0.05) is 44.2 Å². The smallest absolute Gasteiger partial charge is 0.230 e. The molecule has 0 bridgehead atoms. The average Bonchev–Trinajstić information content (AvgIpc) is 2.84. The van der Waals surface area contributed by atoms with Gasteiger partial charge in [-0.15, -0.1) is 0 Å². The van der Waals surface area contributed by atoms with E-state index in [2.05, 4.69) is 0 Å². The van der Waals surface area contributed by atoms with Gasteiger partial charge in [0.05, 0.1) is 23.2 Å². The van der Waals surface area contributed by atoms with Gasteiger partial charge < -0.3 is 19.7 Å². The minimum Gasteiger partial charge on any atom is -0.507 e. The summed E-state index contributed by atoms with van der Waals surface area (Å²) in [5.41, 5.74) is -1.14. The maximum Gasteiger partial charge on any atom is 0.230 e. The van der Waals surface area contributed by atoms with E-state index < -0.39 is 46.1 Å². The molecule has 2 aromatic rings. The van der Waals surface area contributed by atoms with Crippen LogP contribution in [0.25, 0.3) is 0 Å². The lowest BCUT2D eigenvalue weighted by molar-refractivity contribution is -0.264. The summed E-state index contributed by atoms with van der Waals surface area (Å²) in [6, 6.07) is 9.35. The molecule has 2 N–H and O–H groups in total. The number of carbonyl (C=O) groups is 3. The van der Waals surface area contributed by atoms with Gasteiger partial charge in [-0.25, -0.2) is 0 Å². The monoisotopic (exact) mass is 506 g/mol. The molecule has 0 radical (unpaired) electrons. The van der Waals surface area contributed by atoms with Crippen LogP contribution < -0.4 is 9.47 Å². The lowest BCUT2D eigenvalue weighted by Gasteiger charge is -2.58. The molecule has 0 saturated heterocycles. The molecule has 3 aliphatic rings. The Labute approximate surface area is 216 Å². The predicted molar refractivity (Wildman–Crippen MR) is 136 cm³/mol. The molecule has 1 fully saturated rings. The minimum absolute atomic E-state index is 0.0524. The van der Waals surface area contributed by atoms with Crippen molar-refractivity contribution in [3.8, 4) is 17.2 Å². The number of aliphatic hydroxyl groups is 1. The Hall–Kier alpha value is -3.19. The van der Waals surface area contributed by atoms with E-state index in [9.17, 15) is 24.6 Å². The minimum atomic E-state index is -2.15. The van der Waals surface area contributed by atoms with Crippen molar-refractivity contribution in [1.82, 2.24) is 0 Å². The number of carbonyl (C=O) groups excluding carboxylic acids is 3. The van der Waals surface area contributed by atoms with E-state index in [4.69, 9.17) is 9.47 Å². The fourth-order valence-corrected chi connectivity index (χ4v) is 6.61. The summed E-state index contributed by atoms with van der Waals surface area (Å²) in [4.78, 5) is 40.9. The van der Waals surface area contributed by atoms with Gasteiger partial charge in [0.25, 0.3) is 0 Å². The predicted octanol–water partition coefficient (Wildman–Crippen LogP) is 5.05. The van der Waals surface area contributed by atoms with Gasteiger partial charge in [-0.2, -0.15) is 0 Å². The number of aromatic hydroxyl groups is 1. The Bertz CT molecular complexity index is 1340. The Morgan fingerprint density at radius 1 is 1.00 bits per heavy atom. The number of benzene rings is 2. The van der Waals surface area contributed by atoms with Gasteiger partial charge in [0.15, 0.2) is 17.3 Å². The standard InChI is InChI=1S/C30H34O7/c1-14(2)19-21-24(37-30(35)22(19)26(33)28(4,5)27(34)29(30,6)7)15(3)23(32)20-17(31)13-18(36-25(20)21)16-11-9-8-10-12-16/h8-12,14,18-19,22,32,35H,13H2,1-7H3/t18-,19-,22+,30-/m0/s1. The van der Waals surface area contributed by atoms with Gasteiger partial charge in [-0.3, -0.25) is 14.4 Å². The fraction of sp³-hybridized carbons (Fsp3) is 0.500. The number of hydrogen-bond acceptors (Lipinski definition) is 7. The summed E-state index contributed by atoms with van der Waals surface area (Å²) in [5, 5.41) is 23.3. The first kappa shape index (κ1) is 25.5. The first-order valence-electron chi connectivity index (χ1n) is 12.8. The third-order valence-electron chi connectivity index (χ3n) is 8.75. The van der Waals surface area contributed by atoms with Crippen LogP contribution in [0, 0.1) is 29.6 Å². The summed E-state index contributed by atoms with van der Waals surface area (Å²) < 4.78 is 12.7. The molecular formula is C30H34O7. The van der Waals surface area contributed by atoms with Gasteiger partial charge in [0, 0.05) is 17.0 Å². The fourth-order valence-electron chi connectivity index (χ4n) is 6.61. The molecule has 1 aliphatic carbocycles. The van der Waals surface area contributed by atoms with Crippen LogP contribution in [-0.2, 0) is 9.59 Å². The van der Waals surface area contributed by atoms with Crippen molar-refractivity contribution >= 4 is 17.3 Å². The van der Waals surface area contributed by atoms with Gasteiger partial charge >= 0.3 is 0 Å². The van der Waals surface area contributed by atoms with Gasteiger partial charge in [0.2, 0.25) is 5.79 Å². The molecular weight excluding hydrogens is 472 g/mol. The Morgan fingerprint density at radius 3 is 2.22 bits per heavy atom. The molecule has 2 aliphatic heterocycles. The highest BCUT2D eigenvalue weighted by Gasteiger charge is 2.72. The quantitative estimate of drug-likeness (QED) is 0.549. The maximum absolute atomic E-state index is 14.0. The number of Topliss-reactive ketones (excluding diaryl/α,β-unsaturated/α-hetero) is 3. The van der Waals surface area contributed by atoms with Crippen LogP contribution in [0.4, 0.5) is 0 Å². The van der Waals surface area contributed by atoms with E-state index >= 15 is 0 Å². The molecule has 196 valence electrons. The van der Waals surface area contributed by atoms with E-state index in [1.165, 1.54) is 0 Å². The van der Waals surface area contributed by atoms with E-state index in [1.807, 2.05) is 44.2 Å². The first-order valence-corrected chi connectivity index (χ1v) is 12.8. The van der Waals surface area contributed by atoms with Crippen LogP contribution in [0.15, 0.2) is 30.3 Å². The van der Waals surface area contributed by atoms with E-state index in [1.54, 1.807) is 34.6 Å². The number of rotatable bonds is 2. The average molecular weight is 507 g/mol. The lowest BCUT2D eigenvalue weighted by Crippen LogP contribution is -2.72. The molecule has 0 spiro atoms. The van der Waals surface area contributed by atoms with Crippen molar-refractivity contribution in [3.63, 3.8) is 0 Å². The number of phenolic OH excluding ortho intramolecular Hbond substituents is 1. The lowest BCUT2D eigenvalue weighted by atomic mass is 9.51. The molecule has 2 aromatic carbocycles. The highest BCUT2D eigenvalue weighted by atomic mass is 16.6. The summed E-state index contributed by atoms with van der Waals surface area (Å²) in [5.74, 6) is -5.11. The van der Waals surface area contributed by atoms with Crippen molar-refractivity contribution in [3.05, 3.63) is 52.6 Å². The zero-order valence-electron chi connectivity index (χ0n) is 22.3. The third kappa shape index (κ3) is 3.19. The molecule has 0 aromatic heterocycles. The van der Waals surface area contributed by atoms with Gasteiger partial charge in [0.1, 0.15) is 28.9 Å². The van der Waals surface area contributed by atoms with Crippen molar-refractivity contribution in [2.45, 2.75) is 72.7 Å². The van der Waals surface area contributed by atoms with Crippen LogP contribution in [0.5, 0.6) is 17.2 Å². The summed E-state index contributed by atoms with van der Waals surface area (Å²) >= 11 is 0. The van der Waals surface area contributed by atoms with Crippen LogP contribution >= 0.6 is 0 Å². The number of fused-ring (bicyclic) bond motifs is 4. The Balaban J connectivity index is 1.81. The van der Waals surface area contributed by atoms with Gasteiger partial charge in [-0.05, 0) is 46.1 Å².